The van der Waals surface area contributed by atoms with E-state index in [9.17, 15) is 8.96 Å². The Labute approximate surface area is 174 Å². The van der Waals surface area contributed by atoms with E-state index in [1.165, 1.54) is 24.3 Å². The number of hydrogen-bond donors (Lipinski definition) is 0. The van der Waals surface area contributed by atoms with Gasteiger partial charge >= 0.3 is 7.60 Å². The number of nitrogens with zero attached hydrogens (tertiary/aromatic N) is 4. The first-order valence-corrected chi connectivity index (χ1v) is 11.2. The van der Waals surface area contributed by atoms with Gasteiger partial charge in [-0.1, -0.05) is 0 Å². The molecule has 3 heterocycles. The van der Waals surface area contributed by atoms with Gasteiger partial charge in [0, 0.05) is 0 Å². The predicted molar refractivity (Wildman–Crippen MR) is 105 cm³/mol. The minimum Gasteiger partial charge on any atom is -0.479 e. The van der Waals surface area contributed by atoms with Crippen LogP contribution in [0.3, 0.4) is 0 Å². The number of rotatable bonds is 9. The monoisotopic (exact) mass is 528 g/mol. The summed E-state index contributed by atoms with van der Waals surface area (Å²) in [7, 11) is -2.00. The van der Waals surface area contributed by atoms with Crippen molar-refractivity contribution in [2.75, 3.05) is 26.7 Å². The molecule has 1 aliphatic rings. The van der Waals surface area contributed by atoms with E-state index in [1.54, 1.807) is 36.4 Å². The fraction of sp³-hybridized carbons (Fsp3) is 0.533. The average Bonchev–Trinajstić information content (AvgIpc) is 3.22. The Bertz CT molecular complexity index is 915. The molecule has 154 valence electrons. The lowest BCUT2D eigenvalue weighted by Crippen LogP contribution is -2.18. The third-order valence-corrected chi connectivity index (χ3v) is 6.50. The molecule has 1 aliphatic heterocycles. The van der Waals surface area contributed by atoms with Gasteiger partial charge in [-0.15, -0.1) is 0 Å². The molecule has 2 atom stereocenters. The molecule has 0 saturated heterocycles. The fourth-order valence-corrected chi connectivity index (χ4v) is 4.50. The van der Waals surface area contributed by atoms with E-state index in [-0.39, 0.29) is 29.0 Å². The summed E-state index contributed by atoms with van der Waals surface area (Å²) in [5.41, 5.74) is 0.712. The Kier molecular flexibility index (Phi) is 6.99. The van der Waals surface area contributed by atoms with Crippen LogP contribution in [-0.4, -0.2) is 52.5 Å². The first-order chi connectivity index (χ1) is 13.4. The van der Waals surface area contributed by atoms with Gasteiger partial charge in [0.1, 0.15) is 6.33 Å². The average molecular weight is 528 g/mol. The standard InChI is InChI=1S/C15H19FIN4O6P/c1-4-25-28(22,26-5-2)8-24-15-10(17)9(16)14(27-15)21-7-20-11-12(21)18-6-19-13(11)23-3/h6-7,14-15H,4-5,8H2,1-3H3/t14-,15+/m1/s1. The molecule has 13 heteroatoms. The molecule has 0 unspecified atom stereocenters. The zero-order valence-corrected chi connectivity index (χ0v) is 18.4. The Morgan fingerprint density at radius 3 is 2.64 bits per heavy atom. The van der Waals surface area contributed by atoms with Gasteiger partial charge in [-0.3, -0.25) is 9.13 Å². The van der Waals surface area contributed by atoms with Crippen molar-refractivity contribution in [2.45, 2.75) is 26.4 Å². The molecule has 0 amide bonds. The normalized spacial score (nSPS) is 20.3. The minimum absolute atomic E-state index is 0.185. The van der Waals surface area contributed by atoms with Gasteiger partial charge in [0.15, 0.2) is 35.9 Å². The van der Waals surface area contributed by atoms with Crippen LogP contribution in [0.5, 0.6) is 5.88 Å². The predicted octanol–water partition coefficient (Wildman–Crippen LogP) is 3.55. The van der Waals surface area contributed by atoms with Crippen LogP contribution in [-0.2, 0) is 23.1 Å². The zero-order valence-electron chi connectivity index (χ0n) is 15.4. The number of hydrogen-bond acceptors (Lipinski definition) is 9. The third kappa shape index (κ3) is 4.21. The molecular formula is C15H19FIN4O6P. The Balaban J connectivity index is 1.79. The van der Waals surface area contributed by atoms with Crippen molar-refractivity contribution >= 4 is 41.4 Å². The molecule has 3 rings (SSSR count). The van der Waals surface area contributed by atoms with Gasteiger partial charge < -0.3 is 23.3 Å². The summed E-state index contributed by atoms with van der Waals surface area (Å²) in [6, 6.07) is 0. The van der Waals surface area contributed by atoms with E-state index in [1.807, 2.05) is 0 Å². The van der Waals surface area contributed by atoms with Crippen LogP contribution in [0, 0.1) is 0 Å². The maximum Gasteiger partial charge on any atom is 0.356 e. The van der Waals surface area contributed by atoms with Crippen molar-refractivity contribution in [1.82, 2.24) is 19.5 Å². The number of ether oxygens (including phenoxy) is 3. The maximum atomic E-state index is 14.8. The molecule has 28 heavy (non-hydrogen) atoms. The van der Waals surface area contributed by atoms with Gasteiger partial charge in [-0.2, -0.15) is 4.98 Å². The van der Waals surface area contributed by atoms with Crippen LogP contribution in [0.1, 0.15) is 20.1 Å². The molecule has 2 aromatic rings. The summed E-state index contributed by atoms with van der Waals surface area (Å²) in [5.74, 6) is -0.298. The van der Waals surface area contributed by atoms with E-state index >= 15 is 0 Å². The Morgan fingerprint density at radius 2 is 2.00 bits per heavy atom. The first-order valence-electron chi connectivity index (χ1n) is 8.35. The fourth-order valence-electron chi connectivity index (χ4n) is 2.58. The second-order valence-electron chi connectivity index (χ2n) is 5.47. The van der Waals surface area contributed by atoms with E-state index in [0.29, 0.717) is 11.2 Å². The second-order valence-corrected chi connectivity index (χ2v) is 8.62. The topological polar surface area (TPSA) is 107 Å². The molecule has 0 aromatic carbocycles. The molecule has 0 radical (unpaired) electrons. The minimum atomic E-state index is -3.45. The van der Waals surface area contributed by atoms with E-state index in [4.69, 9.17) is 23.3 Å². The Hall–Kier alpha value is -1.18. The molecular weight excluding hydrogens is 509 g/mol. The second kappa shape index (κ2) is 9.09. The lowest BCUT2D eigenvalue weighted by atomic mass is 10.4. The molecule has 0 fully saturated rings. The molecule has 10 nitrogen and oxygen atoms in total. The van der Waals surface area contributed by atoms with Crippen LogP contribution < -0.4 is 4.74 Å². The van der Waals surface area contributed by atoms with Crippen LogP contribution in [0.4, 0.5) is 4.39 Å². The highest BCUT2D eigenvalue weighted by atomic mass is 127. The highest BCUT2D eigenvalue weighted by Crippen LogP contribution is 2.49. The van der Waals surface area contributed by atoms with Gasteiger partial charge in [-0.25, -0.2) is 14.4 Å². The summed E-state index contributed by atoms with van der Waals surface area (Å²) in [4.78, 5) is 12.3. The van der Waals surface area contributed by atoms with Gasteiger partial charge in [-0.05, 0) is 36.4 Å². The van der Waals surface area contributed by atoms with Crippen molar-refractivity contribution < 1.29 is 32.2 Å². The van der Waals surface area contributed by atoms with Crippen LogP contribution in [0.15, 0.2) is 22.1 Å². The van der Waals surface area contributed by atoms with Crippen molar-refractivity contribution in [3.05, 3.63) is 22.1 Å². The molecule has 0 N–H and O–H groups in total. The molecule has 0 aliphatic carbocycles. The highest BCUT2D eigenvalue weighted by Gasteiger charge is 2.39. The Morgan fingerprint density at radius 1 is 1.29 bits per heavy atom. The maximum absolute atomic E-state index is 14.8. The highest BCUT2D eigenvalue weighted by molar-refractivity contribution is 14.1. The summed E-state index contributed by atoms with van der Waals surface area (Å²) >= 11 is 1.78. The van der Waals surface area contributed by atoms with Crippen molar-refractivity contribution in [3.63, 3.8) is 0 Å². The van der Waals surface area contributed by atoms with Crippen molar-refractivity contribution in [3.8, 4) is 5.88 Å². The largest absolute Gasteiger partial charge is 0.479 e. The SMILES string of the molecule is CCOP(=O)(CO[C@H]1O[C@@H](n2cnc3c(OC)ncnc32)C(F)=C1I)OCC. The quantitative estimate of drug-likeness (QED) is 0.357. The zero-order chi connectivity index (χ0) is 20.3. The van der Waals surface area contributed by atoms with E-state index in [0.717, 1.165) is 0 Å². The van der Waals surface area contributed by atoms with Crippen molar-refractivity contribution in [1.29, 1.82) is 0 Å². The van der Waals surface area contributed by atoms with Gasteiger partial charge in [0.05, 0.1) is 30.2 Å². The number of imidazole rings is 1. The molecule has 2 aromatic heterocycles. The van der Waals surface area contributed by atoms with Crippen molar-refractivity contribution in [2.24, 2.45) is 0 Å². The lowest BCUT2D eigenvalue weighted by Gasteiger charge is -2.20. The molecule has 0 spiro atoms. The summed E-state index contributed by atoms with van der Waals surface area (Å²) < 4.78 is 55.6. The van der Waals surface area contributed by atoms with Gasteiger partial charge in [0.2, 0.25) is 5.88 Å². The summed E-state index contributed by atoms with van der Waals surface area (Å²) in [6.45, 7) is 3.77. The summed E-state index contributed by atoms with van der Waals surface area (Å²) in [5, 5.41) is 0. The van der Waals surface area contributed by atoms with Crippen LogP contribution >= 0.6 is 30.2 Å². The number of fused-ring (bicyclic) bond motifs is 1. The first kappa shape index (κ1) is 21.5. The van der Waals surface area contributed by atoms with Crippen LogP contribution in [0.25, 0.3) is 11.2 Å². The van der Waals surface area contributed by atoms with E-state index < -0.39 is 25.9 Å². The molecule has 0 bridgehead atoms. The number of halogens is 2. The third-order valence-electron chi connectivity index (χ3n) is 3.71. The van der Waals surface area contributed by atoms with Gasteiger partial charge in [0.25, 0.3) is 0 Å². The number of methoxy groups -OCH3 is 1. The molecule has 0 saturated carbocycles. The smallest absolute Gasteiger partial charge is 0.356 e. The van der Waals surface area contributed by atoms with Crippen LogP contribution in [0.2, 0.25) is 0 Å². The van der Waals surface area contributed by atoms with E-state index in [2.05, 4.69) is 15.0 Å². The summed E-state index contributed by atoms with van der Waals surface area (Å²) in [6.07, 6.45) is 0.0898. The lowest BCUT2D eigenvalue weighted by molar-refractivity contribution is -0.131. The number of aromatic nitrogens is 4.